The first kappa shape index (κ1) is 12.4. The van der Waals surface area contributed by atoms with Crippen LogP contribution in [0, 0.1) is 5.92 Å². The van der Waals surface area contributed by atoms with Gasteiger partial charge in [0, 0.05) is 24.7 Å². The molecule has 17 heavy (non-hydrogen) atoms. The number of ether oxygens (including phenoxy) is 1. The average molecular weight is 234 g/mol. The molecular formula is C14H22N2O. The summed E-state index contributed by atoms with van der Waals surface area (Å²) in [6, 6.07) is 8.54. The third-order valence-corrected chi connectivity index (χ3v) is 3.64. The standard InChI is InChI=1S/C14H22N2O/c1-11(15)12-7-8-16(9-12)10-13-5-3-4-6-14(13)17-2/h3-6,11-12H,7-10,15H2,1-2H3. The predicted molar refractivity (Wildman–Crippen MR) is 70.0 cm³/mol. The minimum Gasteiger partial charge on any atom is -0.496 e. The number of benzene rings is 1. The largest absolute Gasteiger partial charge is 0.496 e. The van der Waals surface area contributed by atoms with Crippen molar-refractivity contribution in [1.29, 1.82) is 0 Å². The minimum atomic E-state index is 0.303. The van der Waals surface area contributed by atoms with Gasteiger partial charge in [-0.05, 0) is 31.9 Å². The molecule has 1 saturated heterocycles. The zero-order chi connectivity index (χ0) is 12.3. The zero-order valence-corrected chi connectivity index (χ0v) is 10.7. The normalized spacial score (nSPS) is 22.6. The fraction of sp³-hybridized carbons (Fsp3) is 0.571. The lowest BCUT2D eigenvalue weighted by Crippen LogP contribution is -2.29. The SMILES string of the molecule is COc1ccccc1CN1CCC(C(C)N)C1. The molecule has 3 heteroatoms. The van der Waals surface area contributed by atoms with Gasteiger partial charge in [0.1, 0.15) is 5.75 Å². The lowest BCUT2D eigenvalue weighted by atomic mass is 10.0. The summed E-state index contributed by atoms with van der Waals surface area (Å²) in [5.74, 6) is 1.63. The third-order valence-electron chi connectivity index (χ3n) is 3.64. The van der Waals surface area contributed by atoms with Gasteiger partial charge in [0.05, 0.1) is 7.11 Å². The van der Waals surface area contributed by atoms with Gasteiger partial charge in [0.25, 0.3) is 0 Å². The van der Waals surface area contributed by atoms with Gasteiger partial charge in [-0.15, -0.1) is 0 Å². The molecule has 3 nitrogen and oxygen atoms in total. The van der Waals surface area contributed by atoms with E-state index in [1.165, 1.54) is 12.0 Å². The maximum Gasteiger partial charge on any atom is 0.123 e. The first-order valence-electron chi connectivity index (χ1n) is 6.30. The van der Waals surface area contributed by atoms with E-state index < -0.39 is 0 Å². The lowest BCUT2D eigenvalue weighted by Gasteiger charge is -2.19. The Morgan fingerprint density at radius 1 is 1.47 bits per heavy atom. The summed E-state index contributed by atoms with van der Waals surface area (Å²) < 4.78 is 5.38. The molecule has 0 saturated carbocycles. The van der Waals surface area contributed by atoms with E-state index in [4.69, 9.17) is 10.5 Å². The quantitative estimate of drug-likeness (QED) is 0.864. The average Bonchev–Trinajstić information content (AvgIpc) is 2.78. The Balaban J connectivity index is 1.98. The summed E-state index contributed by atoms with van der Waals surface area (Å²) >= 11 is 0. The van der Waals surface area contributed by atoms with Crippen LogP contribution < -0.4 is 10.5 Å². The van der Waals surface area contributed by atoms with Gasteiger partial charge in [0.2, 0.25) is 0 Å². The monoisotopic (exact) mass is 234 g/mol. The molecule has 1 aromatic carbocycles. The number of para-hydroxylation sites is 1. The van der Waals surface area contributed by atoms with Gasteiger partial charge in [0.15, 0.2) is 0 Å². The summed E-state index contributed by atoms with van der Waals surface area (Å²) in [6.07, 6.45) is 1.22. The van der Waals surface area contributed by atoms with Crippen LogP contribution in [-0.2, 0) is 6.54 Å². The molecule has 2 unspecified atom stereocenters. The van der Waals surface area contributed by atoms with Crippen LogP contribution in [0.15, 0.2) is 24.3 Å². The topological polar surface area (TPSA) is 38.5 Å². The van der Waals surface area contributed by atoms with Crippen molar-refractivity contribution in [3.05, 3.63) is 29.8 Å². The zero-order valence-electron chi connectivity index (χ0n) is 10.7. The van der Waals surface area contributed by atoms with Crippen LogP contribution in [0.2, 0.25) is 0 Å². The maximum absolute atomic E-state index is 5.96. The summed E-state index contributed by atoms with van der Waals surface area (Å²) in [5.41, 5.74) is 7.22. The predicted octanol–water partition coefficient (Wildman–Crippen LogP) is 1.86. The van der Waals surface area contributed by atoms with Crippen LogP contribution >= 0.6 is 0 Å². The second-order valence-corrected chi connectivity index (χ2v) is 4.95. The summed E-state index contributed by atoms with van der Waals surface area (Å²) in [4.78, 5) is 2.46. The molecule has 0 aliphatic carbocycles. The van der Waals surface area contributed by atoms with E-state index in [0.717, 1.165) is 25.4 Å². The van der Waals surface area contributed by atoms with E-state index in [1.54, 1.807) is 7.11 Å². The Hall–Kier alpha value is -1.06. The number of rotatable bonds is 4. The van der Waals surface area contributed by atoms with E-state index in [1.807, 2.05) is 12.1 Å². The number of nitrogens with zero attached hydrogens (tertiary/aromatic N) is 1. The fourth-order valence-electron chi connectivity index (χ4n) is 2.51. The van der Waals surface area contributed by atoms with E-state index in [-0.39, 0.29) is 0 Å². The van der Waals surface area contributed by atoms with Crippen LogP contribution in [0.4, 0.5) is 0 Å². The van der Waals surface area contributed by atoms with Crippen molar-refractivity contribution in [3.8, 4) is 5.75 Å². The van der Waals surface area contributed by atoms with Crippen LogP contribution in [-0.4, -0.2) is 31.1 Å². The molecule has 1 heterocycles. The Labute approximate surface area is 104 Å². The summed E-state index contributed by atoms with van der Waals surface area (Å²) in [7, 11) is 1.73. The molecule has 0 aromatic heterocycles. The fourth-order valence-corrected chi connectivity index (χ4v) is 2.51. The Morgan fingerprint density at radius 3 is 2.88 bits per heavy atom. The van der Waals surface area contributed by atoms with Crippen molar-refractivity contribution in [3.63, 3.8) is 0 Å². The highest BCUT2D eigenvalue weighted by molar-refractivity contribution is 5.33. The molecule has 2 atom stereocenters. The van der Waals surface area contributed by atoms with Crippen molar-refractivity contribution in [2.75, 3.05) is 20.2 Å². The van der Waals surface area contributed by atoms with Crippen molar-refractivity contribution in [1.82, 2.24) is 4.90 Å². The molecule has 0 radical (unpaired) electrons. The van der Waals surface area contributed by atoms with Gasteiger partial charge in [-0.2, -0.15) is 0 Å². The molecule has 0 spiro atoms. The second-order valence-electron chi connectivity index (χ2n) is 4.95. The summed E-state index contributed by atoms with van der Waals surface area (Å²) in [6.45, 7) is 5.32. The molecule has 94 valence electrons. The molecule has 0 bridgehead atoms. The maximum atomic E-state index is 5.96. The van der Waals surface area contributed by atoms with Crippen LogP contribution in [0.3, 0.4) is 0 Å². The molecular weight excluding hydrogens is 212 g/mol. The first-order valence-corrected chi connectivity index (χ1v) is 6.30. The lowest BCUT2D eigenvalue weighted by molar-refractivity contribution is 0.301. The number of nitrogens with two attached hydrogens (primary N) is 1. The highest BCUT2D eigenvalue weighted by Crippen LogP contribution is 2.24. The number of hydrogen-bond acceptors (Lipinski definition) is 3. The Kier molecular flexibility index (Phi) is 4.02. The number of likely N-dealkylation sites (tertiary alicyclic amines) is 1. The molecule has 1 aromatic rings. The van der Waals surface area contributed by atoms with Crippen LogP contribution in [0.25, 0.3) is 0 Å². The number of hydrogen-bond donors (Lipinski definition) is 1. The van der Waals surface area contributed by atoms with E-state index in [2.05, 4.69) is 24.0 Å². The van der Waals surface area contributed by atoms with Gasteiger partial charge >= 0.3 is 0 Å². The van der Waals surface area contributed by atoms with E-state index in [0.29, 0.717) is 12.0 Å². The molecule has 1 aliphatic rings. The molecule has 1 fully saturated rings. The number of methoxy groups -OCH3 is 1. The molecule has 1 aliphatic heterocycles. The van der Waals surface area contributed by atoms with E-state index in [9.17, 15) is 0 Å². The highest BCUT2D eigenvalue weighted by atomic mass is 16.5. The molecule has 0 amide bonds. The first-order chi connectivity index (χ1) is 8.20. The van der Waals surface area contributed by atoms with Crippen molar-refractivity contribution in [2.45, 2.75) is 25.9 Å². The third kappa shape index (κ3) is 2.99. The van der Waals surface area contributed by atoms with Gasteiger partial charge in [-0.3, -0.25) is 4.90 Å². The summed E-state index contributed by atoms with van der Waals surface area (Å²) in [5, 5.41) is 0. The van der Waals surface area contributed by atoms with Crippen LogP contribution in [0.5, 0.6) is 5.75 Å². The smallest absolute Gasteiger partial charge is 0.123 e. The van der Waals surface area contributed by atoms with Gasteiger partial charge in [-0.1, -0.05) is 18.2 Å². The highest BCUT2D eigenvalue weighted by Gasteiger charge is 2.25. The Morgan fingerprint density at radius 2 is 2.24 bits per heavy atom. The minimum absolute atomic E-state index is 0.303. The molecule has 2 N–H and O–H groups in total. The molecule has 2 rings (SSSR count). The van der Waals surface area contributed by atoms with Crippen molar-refractivity contribution >= 4 is 0 Å². The van der Waals surface area contributed by atoms with Crippen molar-refractivity contribution in [2.24, 2.45) is 11.7 Å². The van der Waals surface area contributed by atoms with Crippen LogP contribution in [0.1, 0.15) is 18.9 Å². The van der Waals surface area contributed by atoms with Gasteiger partial charge in [-0.25, -0.2) is 0 Å². The Bertz CT molecular complexity index is 365. The van der Waals surface area contributed by atoms with E-state index >= 15 is 0 Å². The van der Waals surface area contributed by atoms with Crippen molar-refractivity contribution < 1.29 is 4.74 Å². The second kappa shape index (κ2) is 5.52. The van der Waals surface area contributed by atoms with Gasteiger partial charge < -0.3 is 10.5 Å².